The summed E-state index contributed by atoms with van der Waals surface area (Å²) in [5.74, 6) is 0.686. The highest BCUT2D eigenvalue weighted by Crippen LogP contribution is 2.40. The molecule has 0 radical (unpaired) electrons. The van der Waals surface area contributed by atoms with Gasteiger partial charge in [0.25, 0.3) is 0 Å². The van der Waals surface area contributed by atoms with Gasteiger partial charge >= 0.3 is 6.61 Å². The molecule has 134 valence electrons. The Morgan fingerprint density at radius 1 is 1.29 bits per heavy atom. The van der Waals surface area contributed by atoms with Crippen molar-refractivity contribution in [2.45, 2.75) is 50.9 Å². The number of halogens is 2. The number of likely N-dealkylation sites (tertiary alicyclic amines) is 1. The molecule has 3 rings (SSSR count). The molecule has 6 heteroatoms. The van der Waals surface area contributed by atoms with Crippen molar-refractivity contribution in [2.24, 2.45) is 5.92 Å². The van der Waals surface area contributed by atoms with E-state index in [9.17, 15) is 13.9 Å². The lowest BCUT2D eigenvalue weighted by Crippen LogP contribution is -2.52. The minimum Gasteiger partial charge on any atom is -0.493 e. The molecule has 2 unspecified atom stereocenters. The van der Waals surface area contributed by atoms with Crippen molar-refractivity contribution in [2.75, 3.05) is 20.2 Å². The van der Waals surface area contributed by atoms with Crippen LogP contribution in [-0.2, 0) is 6.54 Å². The molecule has 1 aliphatic heterocycles. The molecule has 1 saturated carbocycles. The molecule has 0 amide bonds. The Labute approximate surface area is 141 Å². The van der Waals surface area contributed by atoms with Gasteiger partial charge in [-0.3, -0.25) is 4.90 Å². The summed E-state index contributed by atoms with van der Waals surface area (Å²) in [7, 11) is 1.43. The second-order valence-corrected chi connectivity index (χ2v) is 6.90. The monoisotopic (exact) mass is 341 g/mol. The van der Waals surface area contributed by atoms with E-state index in [1.807, 2.05) is 6.07 Å². The van der Waals surface area contributed by atoms with Crippen LogP contribution in [0.15, 0.2) is 18.2 Å². The summed E-state index contributed by atoms with van der Waals surface area (Å²) in [4.78, 5) is 2.29. The van der Waals surface area contributed by atoms with Crippen LogP contribution in [0.4, 0.5) is 8.78 Å². The molecule has 0 spiro atoms. The van der Waals surface area contributed by atoms with Crippen LogP contribution in [0.3, 0.4) is 0 Å². The molecule has 1 aromatic carbocycles. The van der Waals surface area contributed by atoms with Gasteiger partial charge in [0, 0.05) is 25.6 Å². The Kier molecular flexibility index (Phi) is 5.25. The van der Waals surface area contributed by atoms with Gasteiger partial charge < -0.3 is 14.6 Å². The summed E-state index contributed by atoms with van der Waals surface area (Å²) in [6.45, 7) is -0.533. The molecule has 1 heterocycles. The number of alkyl halides is 2. The lowest BCUT2D eigenvalue weighted by molar-refractivity contribution is -0.0968. The van der Waals surface area contributed by atoms with Crippen molar-refractivity contribution in [3.63, 3.8) is 0 Å². The lowest BCUT2D eigenvalue weighted by atomic mass is 9.71. The Bertz CT molecular complexity index is 569. The number of hydrogen-bond donors (Lipinski definition) is 1. The third-order valence-corrected chi connectivity index (χ3v) is 5.36. The molecule has 0 aromatic heterocycles. The zero-order chi connectivity index (χ0) is 17.2. The number of nitrogens with zero attached hydrogens (tertiary/aromatic N) is 1. The lowest BCUT2D eigenvalue weighted by Gasteiger charge is -2.47. The van der Waals surface area contributed by atoms with Gasteiger partial charge in [0.2, 0.25) is 0 Å². The minimum atomic E-state index is -2.87. The zero-order valence-corrected chi connectivity index (χ0v) is 14.0. The van der Waals surface area contributed by atoms with Crippen molar-refractivity contribution in [1.82, 2.24) is 4.90 Å². The van der Waals surface area contributed by atoms with Gasteiger partial charge in [0.1, 0.15) is 0 Å². The molecule has 2 aliphatic rings. The highest BCUT2D eigenvalue weighted by molar-refractivity contribution is 5.43. The van der Waals surface area contributed by atoms with E-state index < -0.39 is 12.2 Å². The Morgan fingerprint density at radius 3 is 2.88 bits per heavy atom. The smallest absolute Gasteiger partial charge is 0.387 e. The number of fused-ring (bicyclic) bond motifs is 1. The first-order valence-electron chi connectivity index (χ1n) is 8.56. The maximum Gasteiger partial charge on any atom is 0.387 e. The van der Waals surface area contributed by atoms with E-state index in [1.165, 1.54) is 13.5 Å². The van der Waals surface area contributed by atoms with Crippen LogP contribution in [0, 0.1) is 5.92 Å². The van der Waals surface area contributed by atoms with E-state index in [0.29, 0.717) is 18.2 Å². The zero-order valence-electron chi connectivity index (χ0n) is 14.0. The fourth-order valence-electron chi connectivity index (χ4n) is 4.05. The molecule has 2 atom stereocenters. The van der Waals surface area contributed by atoms with Crippen LogP contribution in [0.5, 0.6) is 11.5 Å². The first-order chi connectivity index (χ1) is 11.5. The van der Waals surface area contributed by atoms with Gasteiger partial charge in [0.15, 0.2) is 11.5 Å². The quantitative estimate of drug-likeness (QED) is 0.891. The standard InChI is InChI=1S/C18H25F2NO3/c1-23-15-6-5-13(10-16(15)24-17(19)20)11-21-9-8-18(22)7-3-2-4-14(18)12-21/h5-6,10,14,17,22H,2-4,7-9,11-12H2,1H3. The molecule has 2 fully saturated rings. The second kappa shape index (κ2) is 7.23. The normalized spacial score (nSPS) is 27.8. The van der Waals surface area contributed by atoms with E-state index in [1.54, 1.807) is 12.1 Å². The van der Waals surface area contributed by atoms with Gasteiger partial charge in [-0.25, -0.2) is 0 Å². The van der Waals surface area contributed by atoms with E-state index in [0.717, 1.165) is 44.3 Å². The largest absolute Gasteiger partial charge is 0.493 e. The fourth-order valence-corrected chi connectivity index (χ4v) is 4.05. The van der Waals surface area contributed by atoms with Crippen molar-refractivity contribution in [3.8, 4) is 11.5 Å². The summed E-state index contributed by atoms with van der Waals surface area (Å²) in [6.07, 6.45) is 5.04. The number of aliphatic hydroxyl groups is 1. The third kappa shape index (κ3) is 3.81. The van der Waals surface area contributed by atoms with Gasteiger partial charge in [-0.15, -0.1) is 0 Å². The topological polar surface area (TPSA) is 41.9 Å². The predicted molar refractivity (Wildman–Crippen MR) is 86.4 cm³/mol. The van der Waals surface area contributed by atoms with Crippen LogP contribution in [0.2, 0.25) is 0 Å². The Morgan fingerprint density at radius 2 is 2.12 bits per heavy atom. The number of piperidine rings is 1. The molecule has 4 nitrogen and oxygen atoms in total. The highest BCUT2D eigenvalue weighted by atomic mass is 19.3. The Hall–Kier alpha value is -1.40. The van der Waals surface area contributed by atoms with Crippen molar-refractivity contribution >= 4 is 0 Å². The summed E-state index contributed by atoms with van der Waals surface area (Å²) in [5, 5.41) is 10.7. The van der Waals surface area contributed by atoms with Gasteiger partial charge in [-0.2, -0.15) is 8.78 Å². The summed E-state index contributed by atoms with van der Waals surface area (Å²) >= 11 is 0. The molecule has 24 heavy (non-hydrogen) atoms. The van der Waals surface area contributed by atoms with Crippen molar-refractivity contribution in [3.05, 3.63) is 23.8 Å². The van der Waals surface area contributed by atoms with Crippen LogP contribution in [-0.4, -0.2) is 42.4 Å². The van der Waals surface area contributed by atoms with Gasteiger partial charge in [-0.1, -0.05) is 18.9 Å². The minimum absolute atomic E-state index is 0.0659. The van der Waals surface area contributed by atoms with Crippen LogP contribution >= 0.6 is 0 Å². The van der Waals surface area contributed by atoms with Crippen LogP contribution in [0.1, 0.15) is 37.7 Å². The fraction of sp³-hybridized carbons (Fsp3) is 0.667. The molecule has 1 N–H and O–H groups in total. The van der Waals surface area contributed by atoms with Gasteiger partial charge in [0.05, 0.1) is 12.7 Å². The Balaban J connectivity index is 1.67. The molecule has 1 saturated heterocycles. The SMILES string of the molecule is COc1ccc(CN2CCC3(O)CCCCC3C2)cc1OC(F)F. The summed E-state index contributed by atoms with van der Waals surface area (Å²) in [5.41, 5.74) is 0.409. The first-order valence-corrected chi connectivity index (χ1v) is 8.56. The number of methoxy groups -OCH3 is 1. The second-order valence-electron chi connectivity index (χ2n) is 6.90. The van der Waals surface area contributed by atoms with E-state index >= 15 is 0 Å². The number of benzene rings is 1. The van der Waals surface area contributed by atoms with Crippen molar-refractivity contribution in [1.29, 1.82) is 0 Å². The third-order valence-electron chi connectivity index (χ3n) is 5.36. The number of rotatable bonds is 5. The number of ether oxygens (including phenoxy) is 2. The summed E-state index contributed by atoms with van der Waals surface area (Å²) < 4.78 is 34.7. The highest BCUT2D eigenvalue weighted by Gasteiger charge is 2.42. The summed E-state index contributed by atoms with van der Waals surface area (Å²) in [6, 6.07) is 5.15. The van der Waals surface area contributed by atoms with E-state index in [-0.39, 0.29) is 5.75 Å². The molecule has 0 bridgehead atoms. The maximum atomic E-state index is 12.5. The van der Waals surface area contributed by atoms with Gasteiger partial charge in [-0.05, 0) is 37.0 Å². The van der Waals surface area contributed by atoms with Crippen LogP contribution < -0.4 is 9.47 Å². The molecular weight excluding hydrogens is 316 g/mol. The van der Waals surface area contributed by atoms with E-state index in [4.69, 9.17) is 4.74 Å². The van der Waals surface area contributed by atoms with Crippen LogP contribution in [0.25, 0.3) is 0 Å². The molecule has 1 aromatic rings. The predicted octanol–water partition coefficient (Wildman–Crippen LogP) is 3.42. The number of hydrogen-bond acceptors (Lipinski definition) is 4. The maximum absolute atomic E-state index is 12.5. The molecular formula is C18H25F2NO3. The average Bonchev–Trinajstić information content (AvgIpc) is 2.55. The molecule has 1 aliphatic carbocycles. The van der Waals surface area contributed by atoms with E-state index in [2.05, 4.69) is 9.64 Å². The average molecular weight is 341 g/mol. The van der Waals surface area contributed by atoms with Crippen molar-refractivity contribution < 1.29 is 23.4 Å². The first kappa shape index (κ1) is 17.4.